The minimum atomic E-state index is -1.23. The second-order valence-corrected chi connectivity index (χ2v) is 20.3. The Balaban J connectivity index is 1.12. The molecule has 2 spiro atoms. The lowest BCUT2D eigenvalue weighted by Gasteiger charge is -2.71. The quantitative estimate of drug-likeness (QED) is 0.170. The summed E-state index contributed by atoms with van der Waals surface area (Å²) in [5, 5.41) is 25.3. The molecule has 52 heavy (non-hydrogen) atoms. The van der Waals surface area contributed by atoms with Crippen molar-refractivity contribution in [2.24, 2.45) is 44.3 Å². The number of carbonyl (C=O) groups is 3. The molecule has 5 fully saturated rings. The van der Waals surface area contributed by atoms with Gasteiger partial charge in [0.25, 0.3) is 5.91 Å². The molecule has 2 aromatic rings. The number of hydrogen-bond acceptors (Lipinski definition) is 7. The summed E-state index contributed by atoms with van der Waals surface area (Å²) in [6.07, 6.45) is 13.6. The molecule has 1 aromatic carbocycles. The van der Waals surface area contributed by atoms with E-state index in [9.17, 15) is 19.8 Å². The highest BCUT2D eigenvalue weighted by molar-refractivity contribution is 7.21. The molecule has 8 heteroatoms. The minimum absolute atomic E-state index is 0.0150. The van der Waals surface area contributed by atoms with Gasteiger partial charge in [-0.15, -0.1) is 11.3 Å². The van der Waals surface area contributed by atoms with Crippen LogP contribution in [-0.2, 0) is 14.3 Å². The summed E-state index contributed by atoms with van der Waals surface area (Å²) in [4.78, 5) is 45.7. The number of amides is 1. The fraction of sp³-hybridized carbons (Fsp3) is 0.659. The van der Waals surface area contributed by atoms with E-state index in [0.29, 0.717) is 32.2 Å². The number of carbonyl (C=O) groups excluding carboxylic acids is 3. The van der Waals surface area contributed by atoms with Gasteiger partial charge in [-0.3, -0.25) is 14.4 Å². The molecule has 4 bridgehead atoms. The molecular formula is C44H55NO6S. The zero-order valence-electron chi connectivity index (χ0n) is 31.7. The van der Waals surface area contributed by atoms with Crippen molar-refractivity contribution < 1.29 is 29.3 Å². The van der Waals surface area contributed by atoms with Crippen LogP contribution in [0.25, 0.3) is 10.1 Å². The van der Waals surface area contributed by atoms with Crippen LogP contribution in [0.4, 0.5) is 0 Å². The third kappa shape index (κ3) is 3.87. The fourth-order valence-corrected chi connectivity index (χ4v) is 14.7. The third-order valence-electron chi connectivity index (χ3n) is 17.3. The second kappa shape index (κ2) is 10.7. The molecule has 1 aromatic heterocycles. The number of fused-ring (bicyclic) bond motifs is 4. The van der Waals surface area contributed by atoms with Crippen LogP contribution in [0.15, 0.2) is 54.1 Å². The smallest absolute Gasteiger partial charge is 0.313 e. The van der Waals surface area contributed by atoms with E-state index in [1.54, 1.807) is 11.3 Å². The monoisotopic (exact) mass is 725 g/mol. The maximum atomic E-state index is 15.1. The predicted octanol–water partition coefficient (Wildman–Crippen LogP) is 8.04. The Hall–Kier alpha value is -2.81. The molecule has 10 unspecified atom stereocenters. The highest BCUT2D eigenvalue weighted by Crippen LogP contribution is 2.78. The number of aliphatic hydroxyl groups is 2. The van der Waals surface area contributed by atoms with E-state index < -0.39 is 44.4 Å². The maximum absolute atomic E-state index is 15.1. The van der Waals surface area contributed by atoms with E-state index in [1.807, 2.05) is 43.9 Å². The number of aliphatic hydroxyl groups excluding tert-OH is 1. The first-order valence-electron chi connectivity index (χ1n) is 19.9. The van der Waals surface area contributed by atoms with Crippen LogP contribution in [0.2, 0.25) is 0 Å². The van der Waals surface area contributed by atoms with Gasteiger partial charge in [0, 0.05) is 38.5 Å². The molecule has 8 aliphatic rings. The standard InChI is InChI=1S/C44H55NO6S/c1-7-22-45(35(48)44-21-18-40(6,36(49)51-44)37(44,2)3)26-42(50)17-14-33-39(42,5)16-13-32-38(4)15-12-28(46)24-41(38)19-20-43(32,33)29(25-41)34(47)31-23-27-10-8-9-11-30(27)52-31/h8-11,19-20,23,25,28,32-33,46,50H,7,12-18,21-22,24,26H2,1-6H3. The fourth-order valence-electron chi connectivity index (χ4n) is 13.6. The van der Waals surface area contributed by atoms with Crippen molar-refractivity contribution in [3.63, 3.8) is 0 Å². The first-order chi connectivity index (χ1) is 24.5. The van der Waals surface area contributed by atoms with E-state index in [1.165, 1.54) is 0 Å². The minimum Gasteiger partial charge on any atom is -0.448 e. The van der Waals surface area contributed by atoms with E-state index in [-0.39, 0.29) is 41.5 Å². The second-order valence-electron chi connectivity index (χ2n) is 19.2. The predicted molar refractivity (Wildman–Crippen MR) is 202 cm³/mol. The molecule has 10 rings (SSSR count). The SMILES string of the molecule is CCCN(CC1(O)CCC2C34C=CC5(C=C3C(=O)c3cc6ccccc6s3)CC(O)CCC5(C)C4CCC21C)C(=O)C12CCC(C)(C(=O)O1)C2(C)C. The average Bonchev–Trinajstić information content (AvgIpc) is 3.76. The van der Waals surface area contributed by atoms with Crippen LogP contribution in [0.1, 0.15) is 115 Å². The molecule has 10 atom stereocenters. The normalized spacial score (nSPS) is 45.0. The first kappa shape index (κ1) is 34.9. The molecule has 1 aliphatic heterocycles. The number of allylic oxidation sites excluding steroid dienone is 4. The third-order valence-corrected chi connectivity index (χ3v) is 18.4. The Kier molecular flexibility index (Phi) is 7.18. The number of nitrogens with zero attached hydrogens (tertiary/aromatic N) is 1. The van der Waals surface area contributed by atoms with E-state index >= 15 is 4.79 Å². The lowest BCUT2D eigenvalue weighted by Crippen LogP contribution is -2.68. The molecule has 4 saturated carbocycles. The van der Waals surface area contributed by atoms with Crippen molar-refractivity contribution >= 4 is 39.1 Å². The lowest BCUT2D eigenvalue weighted by molar-refractivity contribution is -0.187. The maximum Gasteiger partial charge on any atom is 0.313 e. The van der Waals surface area contributed by atoms with Gasteiger partial charge in [0.15, 0.2) is 11.4 Å². The van der Waals surface area contributed by atoms with Crippen molar-refractivity contribution in [1.82, 2.24) is 4.90 Å². The summed E-state index contributed by atoms with van der Waals surface area (Å²) < 4.78 is 7.18. The van der Waals surface area contributed by atoms with Gasteiger partial charge in [0.2, 0.25) is 0 Å². The van der Waals surface area contributed by atoms with Crippen LogP contribution in [0.3, 0.4) is 0 Å². The molecule has 1 amide bonds. The topological polar surface area (TPSA) is 104 Å². The molecule has 2 N–H and O–H groups in total. The summed E-state index contributed by atoms with van der Waals surface area (Å²) in [7, 11) is 0. The van der Waals surface area contributed by atoms with Crippen LogP contribution in [-0.4, -0.2) is 63.2 Å². The van der Waals surface area contributed by atoms with Gasteiger partial charge in [-0.1, -0.05) is 71.0 Å². The Morgan fingerprint density at radius 2 is 1.65 bits per heavy atom. The molecule has 1 saturated heterocycles. The Morgan fingerprint density at radius 3 is 2.35 bits per heavy atom. The number of ketones is 1. The summed E-state index contributed by atoms with van der Waals surface area (Å²) in [6.45, 7) is 13.3. The number of benzene rings is 1. The number of thiophene rings is 1. The summed E-state index contributed by atoms with van der Waals surface area (Å²) in [6, 6.07) is 10.2. The largest absolute Gasteiger partial charge is 0.448 e. The number of hydrogen-bond donors (Lipinski definition) is 2. The molecule has 0 radical (unpaired) electrons. The average molecular weight is 726 g/mol. The highest BCUT2D eigenvalue weighted by atomic mass is 32.1. The number of esters is 1. The summed E-state index contributed by atoms with van der Waals surface area (Å²) >= 11 is 1.55. The molecule has 7 aliphatic carbocycles. The van der Waals surface area contributed by atoms with Gasteiger partial charge in [-0.25, -0.2) is 0 Å². The van der Waals surface area contributed by atoms with Crippen molar-refractivity contribution in [2.45, 2.75) is 123 Å². The summed E-state index contributed by atoms with van der Waals surface area (Å²) in [5.41, 5.74) is -4.62. The highest BCUT2D eigenvalue weighted by Gasteiger charge is 2.78. The number of rotatable bonds is 7. The lowest BCUT2D eigenvalue weighted by atomic mass is 9.32. The zero-order chi connectivity index (χ0) is 36.9. The van der Waals surface area contributed by atoms with Gasteiger partial charge in [0.1, 0.15) is 0 Å². The zero-order valence-corrected chi connectivity index (χ0v) is 32.5. The molecule has 278 valence electrons. The van der Waals surface area contributed by atoms with Crippen molar-refractivity contribution in [3.8, 4) is 0 Å². The van der Waals surface area contributed by atoms with Crippen LogP contribution in [0.5, 0.6) is 0 Å². The molecular weight excluding hydrogens is 671 g/mol. The van der Waals surface area contributed by atoms with Gasteiger partial charge < -0.3 is 19.8 Å². The van der Waals surface area contributed by atoms with Crippen molar-refractivity contribution in [2.75, 3.05) is 13.1 Å². The first-order valence-corrected chi connectivity index (χ1v) is 20.7. The Morgan fingerprint density at radius 1 is 0.942 bits per heavy atom. The Labute approximate surface area is 311 Å². The van der Waals surface area contributed by atoms with Gasteiger partial charge in [-0.2, -0.15) is 0 Å². The van der Waals surface area contributed by atoms with Crippen LogP contribution >= 0.6 is 11.3 Å². The van der Waals surface area contributed by atoms with E-state index in [2.05, 4.69) is 51.1 Å². The molecule has 2 heterocycles. The van der Waals surface area contributed by atoms with E-state index in [4.69, 9.17) is 4.74 Å². The van der Waals surface area contributed by atoms with Crippen LogP contribution < -0.4 is 0 Å². The summed E-state index contributed by atoms with van der Waals surface area (Å²) in [5.74, 6) is -0.207. The van der Waals surface area contributed by atoms with Gasteiger partial charge >= 0.3 is 5.97 Å². The van der Waals surface area contributed by atoms with E-state index in [0.717, 1.165) is 59.1 Å². The number of ether oxygens (including phenoxy) is 1. The van der Waals surface area contributed by atoms with Crippen molar-refractivity contribution in [3.05, 3.63) is 59.0 Å². The number of Topliss-reactive ketones (excluding diaryl/α,β-unsaturated/α-hetero) is 1. The molecule has 7 nitrogen and oxygen atoms in total. The Bertz CT molecular complexity index is 1950. The van der Waals surface area contributed by atoms with Gasteiger partial charge in [-0.05, 0) is 106 Å². The van der Waals surface area contributed by atoms with Gasteiger partial charge in [0.05, 0.1) is 28.5 Å². The van der Waals surface area contributed by atoms with Crippen molar-refractivity contribution in [1.29, 1.82) is 0 Å². The van der Waals surface area contributed by atoms with Crippen LogP contribution in [0, 0.1) is 44.3 Å².